The van der Waals surface area contributed by atoms with E-state index in [0.29, 0.717) is 5.92 Å². The molecule has 2 aliphatic rings. The molecule has 2 aromatic rings. The molecule has 28 heavy (non-hydrogen) atoms. The van der Waals surface area contributed by atoms with Gasteiger partial charge < -0.3 is 9.67 Å². The smallest absolute Gasteiger partial charge is 0.475 e. The summed E-state index contributed by atoms with van der Waals surface area (Å²) in [5.74, 6) is -0.912. The zero-order chi connectivity index (χ0) is 20.3. The molecule has 0 unspecified atom stereocenters. The summed E-state index contributed by atoms with van der Waals surface area (Å²) in [4.78, 5) is 24.9. The van der Waals surface area contributed by atoms with Gasteiger partial charge in [0.25, 0.3) is 0 Å². The van der Waals surface area contributed by atoms with Crippen LogP contribution < -0.4 is 0 Å². The van der Waals surface area contributed by atoms with Gasteiger partial charge in [0.05, 0.1) is 12.2 Å². The number of nitrogens with zero attached hydrogens (tertiary/aromatic N) is 5. The van der Waals surface area contributed by atoms with Crippen molar-refractivity contribution in [2.24, 2.45) is 7.05 Å². The summed E-state index contributed by atoms with van der Waals surface area (Å²) < 4.78 is 33.8. The molecule has 3 heterocycles. The average Bonchev–Trinajstić information content (AvgIpc) is 3.42. The summed E-state index contributed by atoms with van der Waals surface area (Å²) in [7, 11) is 2.06. The van der Waals surface area contributed by atoms with Crippen molar-refractivity contribution in [2.45, 2.75) is 44.3 Å². The number of aryl methyl sites for hydroxylation is 1. The molecule has 1 fully saturated rings. The number of carbonyl (C=O) groups is 1. The predicted molar refractivity (Wildman–Crippen MR) is 93.6 cm³/mol. The van der Waals surface area contributed by atoms with E-state index in [4.69, 9.17) is 9.90 Å². The molecule has 0 spiro atoms. The van der Waals surface area contributed by atoms with Gasteiger partial charge in [-0.1, -0.05) is 0 Å². The lowest BCUT2D eigenvalue weighted by Gasteiger charge is -2.19. The number of carboxylic acid groups (broad SMARTS) is 1. The molecular formula is C18H22F3N5O2. The number of rotatable bonds is 3. The molecule has 0 aromatic carbocycles. The highest BCUT2D eigenvalue weighted by Crippen LogP contribution is 2.41. The van der Waals surface area contributed by atoms with Gasteiger partial charge in [0, 0.05) is 50.6 Å². The highest BCUT2D eigenvalue weighted by Gasteiger charge is 2.38. The number of fused-ring (bicyclic) bond motifs is 1. The molecule has 0 bridgehead atoms. The Morgan fingerprint density at radius 1 is 1.21 bits per heavy atom. The van der Waals surface area contributed by atoms with Gasteiger partial charge >= 0.3 is 12.1 Å². The highest BCUT2D eigenvalue weighted by atomic mass is 19.4. The van der Waals surface area contributed by atoms with Gasteiger partial charge in [-0.25, -0.2) is 19.7 Å². The van der Waals surface area contributed by atoms with Crippen LogP contribution in [-0.4, -0.2) is 54.8 Å². The Labute approximate surface area is 160 Å². The lowest BCUT2D eigenvalue weighted by atomic mass is 10.0. The van der Waals surface area contributed by atoms with Crippen LogP contribution in [0.4, 0.5) is 13.2 Å². The topological polar surface area (TPSA) is 84.1 Å². The Balaban J connectivity index is 0.000000279. The molecule has 7 nitrogen and oxygen atoms in total. The van der Waals surface area contributed by atoms with Crippen LogP contribution in [0, 0.1) is 0 Å². The van der Waals surface area contributed by atoms with E-state index in [2.05, 4.69) is 31.5 Å². The zero-order valence-corrected chi connectivity index (χ0v) is 15.5. The molecule has 4 rings (SSSR count). The third kappa shape index (κ3) is 5.06. The molecule has 0 saturated heterocycles. The molecule has 1 saturated carbocycles. The second kappa shape index (κ2) is 8.26. The standard InChI is InChI=1S/C16H21N5.C2HF3O2/c1-20-9-6-17-15(20)10-21-7-4-13-14(5-8-21)18-11-19-16(13)12-2-3-12;3-2(4,5)1(6)7/h6,9,11-12H,2-5,7-8,10H2,1H3;(H,6,7). The zero-order valence-electron chi connectivity index (χ0n) is 15.5. The molecule has 10 heteroatoms. The molecule has 0 radical (unpaired) electrons. The van der Waals surface area contributed by atoms with Crippen LogP contribution in [-0.2, 0) is 31.2 Å². The molecule has 2 aromatic heterocycles. The van der Waals surface area contributed by atoms with E-state index in [1.165, 1.54) is 29.8 Å². The van der Waals surface area contributed by atoms with Gasteiger partial charge in [-0.2, -0.15) is 13.2 Å². The second-order valence-corrected chi connectivity index (χ2v) is 6.99. The van der Waals surface area contributed by atoms with Gasteiger partial charge in [0.1, 0.15) is 12.2 Å². The van der Waals surface area contributed by atoms with E-state index in [1.54, 1.807) is 6.33 Å². The van der Waals surface area contributed by atoms with Crippen molar-refractivity contribution in [2.75, 3.05) is 13.1 Å². The van der Waals surface area contributed by atoms with Crippen molar-refractivity contribution >= 4 is 5.97 Å². The fourth-order valence-electron chi connectivity index (χ4n) is 3.21. The normalized spacial score (nSPS) is 17.3. The molecule has 1 aliphatic carbocycles. The fraction of sp³-hybridized carbons (Fsp3) is 0.556. The molecular weight excluding hydrogens is 375 g/mol. The number of halogens is 3. The Bertz CT molecular complexity index is 833. The molecule has 1 N–H and O–H groups in total. The SMILES string of the molecule is Cn1ccnc1CN1CCc2ncnc(C3CC3)c2CC1.O=C(O)C(F)(F)F. The first-order chi connectivity index (χ1) is 13.3. The maximum absolute atomic E-state index is 10.6. The number of imidazole rings is 1. The number of carboxylic acids is 1. The number of hydrogen-bond acceptors (Lipinski definition) is 5. The summed E-state index contributed by atoms with van der Waals surface area (Å²) in [6.45, 7) is 3.05. The quantitative estimate of drug-likeness (QED) is 0.856. The van der Waals surface area contributed by atoms with E-state index in [9.17, 15) is 13.2 Å². The van der Waals surface area contributed by atoms with Crippen LogP contribution in [0.2, 0.25) is 0 Å². The first-order valence-electron chi connectivity index (χ1n) is 9.07. The maximum Gasteiger partial charge on any atom is 0.490 e. The lowest BCUT2D eigenvalue weighted by Crippen LogP contribution is -2.27. The Hall–Kier alpha value is -2.49. The molecule has 0 atom stereocenters. The average molecular weight is 397 g/mol. The number of hydrogen-bond donors (Lipinski definition) is 1. The Morgan fingerprint density at radius 3 is 2.46 bits per heavy atom. The van der Waals surface area contributed by atoms with Crippen LogP contribution in [0.15, 0.2) is 18.7 Å². The van der Waals surface area contributed by atoms with Gasteiger partial charge in [-0.15, -0.1) is 0 Å². The third-order valence-electron chi connectivity index (χ3n) is 4.90. The lowest BCUT2D eigenvalue weighted by molar-refractivity contribution is -0.192. The summed E-state index contributed by atoms with van der Waals surface area (Å²) >= 11 is 0. The monoisotopic (exact) mass is 397 g/mol. The van der Waals surface area contributed by atoms with Gasteiger partial charge in [0.2, 0.25) is 0 Å². The van der Waals surface area contributed by atoms with Gasteiger partial charge in [-0.3, -0.25) is 4.90 Å². The molecule has 0 amide bonds. The Kier molecular flexibility index (Phi) is 5.97. The van der Waals surface area contributed by atoms with Crippen LogP contribution in [0.1, 0.15) is 41.5 Å². The van der Waals surface area contributed by atoms with Crippen molar-refractivity contribution in [3.05, 3.63) is 41.5 Å². The first kappa shape index (κ1) is 20.2. The fourth-order valence-corrected chi connectivity index (χ4v) is 3.21. The predicted octanol–water partition coefficient (Wildman–Crippen LogP) is 2.32. The summed E-state index contributed by atoms with van der Waals surface area (Å²) in [6, 6.07) is 0. The van der Waals surface area contributed by atoms with Gasteiger partial charge in [0.15, 0.2) is 0 Å². The number of alkyl halides is 3. The third-order valence-corrected chi connectivity index (χ3v) is 4.90. The van der Waals surface area contributed by atoms with Crippen LogP contribution >= 0.6 is 0 Å². The van der Waals surface area contributed by atoms with E-state index < -0.39 is 12.1 Å². The van der Waals surface area contributed by atoms with E-state index >= 15 is 0 Å². The van der Waals surface area contributed by atoms with Crippen molar-refractivity contribution in [1.82, 2.24) is 24.4 Å². The minimum absolute atomic E-state index is 0.711. The van der Waals surface area contributed by atoms with E-state index in [-0.39, 0.29) is 0 Å². The van der Waals surface area contributed by atoms with Crippen molar-refractivity contribution in [3.8, 4) is 0 Å². The Morgan fingerprint density at radius 2 is 1.89 bits per heavy atom. The van der Waals surface area contributed by atoms with Crippen LogP contribution in [0.5, 0.6) is 0 Å². The van der Waals surface area contributed by atoms with Crippen molar-refractivity contribution < 1.29 is 23.1 Å². The van der Waals surface area contributed by atoms with E-state index in [0.717, 1.165) is 38.3 Å². The number of aromatic nitrogens is 4. The van der Waals surface area contributed by atoms with Crippen LogP contribution in [0.25, 0.3) is 0 Å². The van der Waals surface area contributed by atoms with E-state index in [1.807, 2.05) is 12.4 Å². The summed E-state index contributed by atoms with van der Waals surface area (Å²) in [5.41, 5.74) is 4.04. The second-order valence-electron chi connectivity index (χ2n) is 6.99. The molecule has 1 aliphatic heterocycles. The van der Waals surface area contributed by atoms with Gasteiger partial charge in [-0.05, 0) is 24.8 Å². The number of aliphatic carboxylic acids is 1. The highest BCUT2D eigenvalue weighted by molar-refractivity contribution is 5.73. The van der Waals surface area contributed by atoms with Crippen LogP contribution in [0.3, 0.4) is 0 Å². The first-order valence-corrected chi connectivity index (χ1v) is 9.07. The largest absolute Gasteiger partial charge is 0.490 e. The molecule has 152 valence electrons. The van der Waals surface area contributed by atoms with Crippen molar-refractivity contribution in [1.29, 1.82) is 0 Å². The summed E-state index contributed by atoms with van der Waals surface area (Å²) in [5, 5.41) is 7.12. The minimum atomic E-state index is -5.08. The minimum Gasteiger partial charge on any atom is -0.475 e. The maximum atomic E-state index is 10.6. The van der Waals surface area contributed by atoms with Crippen molar-refractivity contribution in [3.63, 3.8) is 0 Å². The summed E-state index contributed by atoms with van der Waals surface area (Å²) in [6.07, 6.45) is 5.29.